The molecule has 1 aliphatic heterocycles. The van der Waals surface area contributed by atoms with Crippen LogP contribution in [0.5, 0.6) is 0 Å². The van der Waals surface area contributed by atoms with Crippen LogP contribution in [-0.2, 0) is 14.5 Å². The van der Waals surface area contributed by atoms with E-state index in [-0.39, 0.29) is 5.91 Å². The van der Waals surface area contributed by atoms with Crippen molar-refractivity contribution in [2.24, 2.45) is 0 Å². The van der Waals surface area contributed by atoms with Gasteiger partial charge in [0.2, 0.25) is 5.91 Å². The topological polar surface area (TPSA) is 49.4 Å². The summed E-state index contributed by atoms with van der Waals surface area (Å²) >= 11 is 0. The van der Waals surface area contributed by atoms with Crippen LogP contribution in [0.2, 0.25) is 0 Å². The molecule has 4 nitrogen and oxygen atoms in total. The summed E-state index contributed by atoms with van der Waals surface area (Å²) in [5.74, 6) is 3.79. The first kappa shape index (κ1) is 15.7. The summed E-state index contributed by atoms with van der Waals surface area (Å²) in [6.07, 6.45) is 1.52. The molecule has 2 rings (SSSR count). The lowest BCUT2D eigenvalue weighted by Gasteiger charge is -2.16. The fourth-order valence-corrected chi connectivity index (χ4v) is 2.70. The standard InChI is InChI=1S/C12H16N2O2S.C2H6/c1-13-17(2,16)11-7-5-10(6-8-11)14-9-3-4-12(14)15;1-2/h5-8H,2-4,9H2,1H3,(H,13,16);1-2H3. The van der Waals surface area contributed by atoms with Gasteiger partial charge in [0, 0.05) is 23.5 Å². The van der Waals surface area contributed by atoms with Crippen molar-refractivity contribution in [3.05, 3.63) is 24.3 Å². The maximum atomic E-state index is 12.0. The minimum absolute atomic E-state index is 0.154. The van der Waals surface area contributed by atoms with Gasteiger partial charge in [-0.15, -0.1) is 0 Å². The Bertz CT molecular complexity index is 521. The minimum Gasteiger partial charge on any atom is -0.312 e. The van der Waals surface area contributed by atoms with Crippen LogP contribution in [0, 0.1) is 0 Å². The Morgan fingerprint density at radius 2 is 1.84 bits per heavy atom. The molecule has 1 saturated heterocycles. The van der Waals surface area contributed by atoms with Crippen LogP contribution in [0.4, 0.5) is 5.69 Å². The molecule has 106 valence electrons. The molecular weight excluding hydrogens is 260 g/mol. The van der Waals surface area contributed by atoms with Gasteiger partial charge in [-0.1, -0.05) is 13.8 Å². The van der Waals surface area contributed by atoms with Crippen LogP contribution < -0.4 is 9.62 Å². The molecule has 5 heteroatoms. The first-order valence-electron chi connectivity index (χ1n) is 6.51. The number of benzene rings is 1. The average Bonchev–Trinajstić information content (AvgIpc) is 2.87. The van der Waals surface area contributed by atoms with E-state index in [1.54, 1.807) is 24.1 Å². The van der Waals surface area contributed by atoms with Gasteiger partial charge in [0.25, 0.3) is 0 Å². The van der Waals surface area contributed by atoms with Crippen molar-refractivity contribution >= 4 is 27.2 Å². The van der Waals surface area contributed by atoms with E-state index in [1.165, 1.54) is 0 Å². The summed E-state index contributed by atoms with van der Waals surface area (Å²) in [7, 11) is -0.787. The van der Waals surface area contributed by atoms with Crippen molar-refractivity contribution in [1.82, 2.24) is 4.72 Å². The molecule has 0 radical (unpaired) electrons. The highest BCUT2D eigenvalue weighted by molar-refractivity contribution is 7.98. The van der Waals surface area contributed by atoms with Crippen molar-refractivity contribution in [3.63, 3.8) is 0 Å². The van der Waals surface area contributed by atoms with Gasteiger partial charge >= 0.3 is 0 Å². The highest BCUT2D eigenvalue weighted by atomic mass is 32.2. The summed E-state index contributed by atoms with van der Waals surface area (Å²) in [5, 5.41) is 0. The van der Waals surface area contributed by atoms with E-state index in [2.05, 4.69) is 10.6 Å². The van der Waals surface area contributed by atoms with E-state index in [1.807, 2.05) is 26.0 Å². The fraction of sp³-hybridized carbons (Fsp3) is 0.429. The van der Waals surface area contributed by atoms with Gasteiger partial charge in [0.05, 0.1) is 9.71 Å². The van der Waals surface area contributed by atoms with Gasteiger partial charge in [0.15, 0.2) is 0 Å². The molecule has 1 amide bonds. The Kier molecular flexibility index (Phi) is 5.57. The van der Waals surface area contributed by atoms with Gasteiger partial charge in [0.1, 0.15) is 0 Å². The lowest BCUT2D eigenvalue weighted by atomic mass is 10.3. The zero-order valence-electron chi connectivity index (χ0n) is 11.8. The summed E-state index contributed by atoms with van der Waals surface area (Å²) in [6.45, 7) is 4.77. The van der Waals surface area contributed by atoms with Crippen LogP contribution in [0.25, 0.3) is 0 Å². The van der Waals surface area contributed by atoms with Crippen molar-refractivity contribution in [2.75, 3.05) is 18.5 Å². The van der Waals surface area contributed by atoms with Crippen LogP contribution in [-0.4, -0.2) is 29.6 Å². The molecule has 0 spiro atoms. The summed E-state index contributed by atoms with van der Waals surface area (Å²) < 4.78 is 14.6. The lowest BCUT2D eigenvalue weighted by molar-refractivity contribution is -0.117. The Labute approximate surface area is 116 Å². The molecule has 1 aromatic rings. The molecule has 1 N–H and O–H groups in total. The van der Waals surface area contributed by atoms with Gasteiger partial charge in [-0.05, 0) is 43.6 Å². The van der Waals surface area contributed by atoms with E-state index < -0.39 is 9.71 Å². The third kappa shape index (κ3) is 3.58. The van der Waals surface area contributed by atoms with E-state index in [9.17, 15) is 9.00 Å². The summed E-state index contributed by atoms with van der Waals surface area (Å²) in [6, 6.07) is 7.15. The summed E-state index contributed by atoms with van der Waals surface area (Å²) in [5.41, 5.74) is 0.863. The largest absolute Gasteiger partial charge is 0.312 e. The minimum atomic E-state index is -2.41. The van der Waals surface area contributed by atoms with Gasteiger partial charge in [-0.2, -0.15) is 0 Å². The molecule has 1 heterocycles. The SMILES string of the molecule is C=S(=O)(NC)c1ccc(N2CCCC2=O)cc1.CC. The van der Waals surface area contributed by atoms with E-state index >= 15 is 0 Å². The van der Waals surface area contributed by atoms with E-state index in [0.717, 1.165) is 18.7 Å². The number of hydrogen-bond acceptors (Lipinski definition) is 2. The van der Waals surface area contributed by atoms with E-state index in [4.69, 9.17) is 0 Å². The number of hydrogen-bond donors (Lipinski definition) is 1. The molecule has 1 aliphatic rings. The molecule has 0 saturated carbocycles. The molecule has 0 aliphatic carbocycles. The van der Waals surface area contributed by atoms with Crippen molar-refractivity contribution < 1.29 is 9.00 Å². The van der Waals surface area contributed by atoms with Crippen LogP contribution in [0.3, 0.4) is 0 Å². The van der Waals surface area contributed by atoms with Crippen LogP contribution in [0.15, 0.2) is 29.2 Å². The second-order valence-electron chi connectivity index (χ2n) is 4.02. The van der Waals surface area contributed by atoms with Crippen molar-refractivity contribution in [2.45, 2.75) is 31.6 Å². The first-order valence-corrected chi connectivity index (χ1v) is 8.23. The average molecular weight is 282 g/mol. The highest BCUT2D eigenvalue weighted by Gasteiger charge is 2.21. The molecular formula is C14H22N2O2S. The van der Waals surface area contributed by atoms with Crippen molar-refractivity contribution in [3.8, 4) is 0 Å². The van der Waals surface area contributed by atoms with Crippen LogP contribution in [0.1, 0.15) is 26.7 Å². The quantitative estimate of drug-likeness (QED) is 0.863. The predicted molar refractivity (Wildman–Crippen MR) is 82.0 cm³/mol. The molecule has 1 aromatic carbocycles. The molecule has 1 atom stereocenters. The Morgan fingerprint density at radius 1 is 1.26 bits per heavy atom. The first-order chi connectivity index (χ1) is 9.04. The third-order valence-corrected chi connectivity index (χ3v) is 4.63. The molecule has 0 aromatic heterocycles. The number of anilines is 1. The number of carbonyl (C=O) groups excluding carboxylic acids is 1. The lowest BCUT2D eigenvalue weighted by Crippen LogP contribution is -2.24. The zero-order valence-corrected chi connectivity index (χ0v) is 12.6. The van der Waals surface area contributed by atoms with Gasteiger partial charge in [-0.3, -0.25) is 4.79 Å². The maximum absolute atomic E-state index is 12.0. The Hall–Kier alpha value is -1.33. The van der Waals surface area contributed by atoms with Crippen LogP contribution >= 0.6 is 0 Å². The Morgan fingerprint density at radius 3 is 2.26 bits per heavy atom. The molecule has 0 bridgehead atoms. The number of carbonyl (C=O) groups is 1. The van der Waals surface area contributed by atoms with Crippen molar-refractivity contribution in [1.29, 1.82) is 0 Å². The number of amides is 1. The number of nitrogens with one attached hydrogen (secondary N) is 1. The molecule has 1 unspecified atom stereocenters. The third-order valence-electron chi connectivity index (χ3n) is 2.93. The second kappa shape index (κ2) is 6.73. The van der Waals surface area contributed by atoms with Gasteiger partial charge < -0.3 is 4.90 Å². The summed E-state index contributed by atoms with van der Waals surface area (Å²) in [4.78, 5) is 14.0. The van der Waals surface area contributed by atoms with E-state index in [0.29, 0.717) is 11.3 Å². The molecule has 1 fully saturated rings. The maximum Gasteiger partial charge on any atom is 0.227 e. The van der Waals surface area contributed by atoms with Gasteiger partial charge in [-0.25, -0.2) is 8.93 Å². The zero-order chi connectivity index (χ0) is 14.5. The fourth-order valence-electron chi connectivity index (χ4n) is 1.88. The Balaban J connectivity index is 0.000000861. The normalized spacial score (nSPS) is 17.6. The monoisotopic (exact) mass is 282 g/mol. The smallest absolute Gasteiger partial charge is 0.227 e. The second-order valence-corrected chi connectivity index (χ2v) is 6.25. The molecule has 19 heavy (non-hydrogen) atoms. The highest BCUT2D eigenvalue weighted by Crippen LogP contribution is 2.22. The number of rotatable bonds is 3. The predicted octanol–water partition coefficient (Wildman–Crippen LogP) is 2.05. The number of nitrogens with zero attached hydrogens (tertiary/aromatic N) is 1.